The van der Waals surface area contributed by atoms with Crippen molar-refractivity contribution < 1.29 is 14.3 Å². The highest BCUT2D eigenvalue weighted by atomic mass is 16.5. The van der Waals surface area contributed by atoms with E-state index in [4.69, 9.17) is 9.47 Å². The number of pyridine rings is 1. The predicted octanol–water partition coefficient (Wildman–Crippen LogP) is 1.07. The molecule has 6 nitrogen and oxygen atoms in total. The fourth-order valence-electron chi connectivity index (χ4n) is 3.26. The monoisotopic (exact) mass is 305 g/mol. The van der Waals surface area contributed by atoms with Gasteiger partial charge < -0.3 is 14.8 Å². The first-order chi connectivity index (χ1) is 10.8. The number of nitrogens with one attached hydrogen (secondary N) is 1. The first kappa shape index (κ1) is 15.2. The van der Waals surface area contributed by atoms with Crippen molar-refractivity contribution in [3.8, 4) is 5.88 Å². The van der Waals surface area contributed by atoms with Crippen LogP contribution in [0, 0.1) is 0 Å². The minimum atomic E-state index is -0.151. The zero-order valence-electron chi connectivity index (χ0n) is 13.0. The summed E-state index contributed by atoms with van der Waals surface area (Å²) in [5.74, 6) is 0.205. The molecule has 2 fully saturated rings. The summed E-state index contributed by atoms with van der Waals surface area (Å²) in [5.41, 5.74) is 0.467. The molecule has 2 aliphatic heterocycles. The van der Waals surface area contributed by atoms with E-state index in [9.17, 15) is 4.79 Å². The van der Waals surface area contributed by atoms with Gasteiger partial charge in [0.25, 0.3) is 5.91 Å². The molecule has 1 aromatic rings. The standard InChI is InChI=1S/C16H23N3O3/c1-21-16-12(6-5-7-17-16)15(20)18-13-10-22-11-14(13)19-8-3-2-4-9-19/h5-7,13-14H,2-4,8-11H2,1H3,(H,18,20)/t13-,14-/m0/s1. The van der Waals surface area contributed by atoms with Gasteiger partial charge in [-0.05, 0) is 38.1 Å². The van der Waals surface area contributed by atoms with Crippen molar-refractivity contribution in [1.82, 2.24) is 15.2 Å². The summed E-state index contributed by atoms with van der Waals surface area (Å²) < 4.78 is 10.8. The maximum Gasteiger partial charge on any atom is 0.257 e. The first-order valence-corrected chi connectivity index (χ1v) is 7.91. The molecule has 22 heavy (non-hydrogen) atoms. The molecule has 2 aliphatic rings. The van der Waals surface area contributed by atoms with Crippen molar-refractivity contribution in [1.29, 1.82) is 0 Å². The quantitative estimate of drug-likeness (QED) is 0.901. The van der Waals surface area contributed by atoms with Crippen LogP contribution in [0.1, 0.15) is 29.6 Å². The SMILES string of the molecule is COc1ncccc1C(=O)N[C@H]1COC[C@@H]1N1CCCCC1. The van der Waals surface area contributed by atoms with E-state index in [0.29, 0.717) is 24.7 Å². The van der Waals surface area contributed by atoms with Crippen LogP contribution in [-0.4, -0.2) is 61.3 Å². The van der Waals surface area contributed by atoms with Crippen LogP contribution in [-0.2, 0) is 4.74 Å². The minimum absolute atomic E-state index is 0.0236. The lowest BCUT2D eigenvalue weighted by Gasteiger charge is -2.34. The fraction of sp³-hybridized carbons (Fsp3) is 0.625. The van der Waals surface area contributed by atoms with E-state index in [1.807, 2.05) is 0 Å². The van der Waals surface area contributed by atoms with Gasteiger partial charge in [0.1, 0.15) is 5.56 Å². The van der Waals surface area contributed by atoms with Crippen LogP contribution in [0.25, 0.3) is 0 Å². The molecule has 6 heteroatoms. The summed E-state index contributed by atoms with van der Waals surface area (Å²) in [6.45, 7) is 3.44. The van der Waals surface area contributed by atoms with Gasteiger partial charge in [0.05, 0.1) is 32.4 Å². The molecule has 3 rings (SSSR count). The Morgan fingerprint density at radius 1 is 1.36 bits per heavy atom. The first-order valence-electron chi connectivity index (χ1n) is 7.91. The number of hydrogen-bond donors (Lipinski definition) is 1. The third-order valence-electron chi connectivity index (χ3n) is 4.44. The third kappa shape index (κ3) is 3.23. The van der Waals surface area contributed by atoms with Gasteiger partial charge in [0.15, 0.2) is 0 Å². The second-order valence-corrected chi connectivity index (χ2v) is 5.84. The van der Waals surface area contributed by atoms with Crippen molar-refractivity contribution in [2.24, 2.45) is 0 Å². The number of piperidine rings is 1. The second kappa shape index (κ2) is 7.07. The van der Waals surface area contributed by atoms with E-state index in [1.54, 1.807) is 18.3 Å². The van der Waals surface area contributed by atoms with Crippen LogP contribution < -0.4 is 10.1 Å². The zero-order chi connectivity index (χ0) is 15.4. The summed E-state index contributed by atoms with van der Waals surface area (Å²) in [6, 6.07) is 3.76. The van der Waals surface area contributed by atoms with E-state index >= 15 is 0 Å². The maximum absolute atomic E-state index is 12.5. The molecule has 0 aromatic carbocycles. The number of ether oxygens (including phenoxy) is 2. The van der Waals surface area contributed by atoms with Gasteiger partial charge in [0, 0.05) is 6.20 Å². The number of carbonyl (C=O) groups excluding carboxylic acids is 1. The number of hydrogen-bond acceptors (Lipinski definition) is 5. The zero-order valence-corrected chi connectivity index (χ0v) is 13.0. The van der Waals surface area contributed by atoms with E-state index < -0.39 is 0 Å². The molecule has 0 saturated carbocycles. The van der Waals surface area contributed by atoms with Gasteiger partial charge in [-0.1, -0.05) is 6.42 Å². The lowest BCUT2D eigenvalue weighted by Crippen LogP contribution is -2.52. The van der Waals surface area contributed by atoms with Crippen LogP contribution in [0.3, 0.4) is 0 Å². The Balaban J connectivity index is 1.67. The average molecular weight is 305 g/mol. The number of amides is 1. The van der Waals surface area contributed by atoms with Crippen LogP contribution in [0.5, 0.6) is 5.88 Å². The summed E-state index contributed by atoms with van der Waals surface area (Å²) in [4.78, 5) is 19.0. The summed E-state index contributed by atoms with van der Waals surface area (Å²) in [6.07, 6.45) is 5.38. The lowest BCUT2D eigenvalue weighted by atomic mass is 10.0. The largest absolute Gasteiger partial charge is 0.480 e. The Bertz CT molecular complexity index is 517. The van der Waals surface area contributed by atoms with Crippen molar-refractivity contribution in [3.63, 3.8) is 0 Å². The third-order valence-corrected chi connectivity index (χ3v) is 4.44. The molecular weight excluding hydrogens is 282 g/mol. The Kier molecular flexibility index (Phi) is 4.90. The van der Waals surface area contributed by atoms with Crippen LogP contribution in [0.4, 0.5) is 0 Å². The Morgan fingerprint density at radius 2 is 2.18 bits per heavy atom. The number of nitrogens with zero attached hydrogens (tertiary/aromatic N) is 2. The Hall–Kier alpha value is -1.66. The van der Waals surface area contributed by atoms with Gasteiger partial charge >= 0.3 is 0 Å². The molecule has 3 heterocycles. The highest BCUT2D eigenvalue weighted by Gasteiger charge is 2.35. The number of aromatic nitrogens is 1. The molecule has 0 spiro atoms. The van der Waals surface area contributed by atoms with Gasteiger partial charge in [-0.25, -0.2) is 4.98 Å². The predicted molar refractivity (Wildman–Crippen MR) is 82.1 cm³/mol. The van der Waals surface area contributed by atoms with Crippen molar-refractivity contribution >= 4 is 5.91 Å². The minimum Gasteiger partial charge on any atom is -0.480 e. The summed E-state index contributed by atoms with van der Waals surface area (Å²) >= 11 is 0. The van der Waals surface area contributed by atoms with E-state index in [0.717, 1.165) is 13.1 Å². The molecule has 120 valence electrons. The van der Waals surface area contributed by atoms with Crippen LogP contribution in [0.15, 0.2) is 18.3 Å². The van der Waals surface area contributed by atoms with Crippen molar-refractivity contribution in [2.75, 3.05) is 33.4 Å². The van der Waals surface area contributed by atoms with Gasteiger partial charge in [-0.2, -0.15) is 0 Å². The number of carbonyl (C=O) groups is 1. The molecule has 0 radical (unpaired) electrons. The van der Waals surface area contributed by atoms with Crippen LogP contribution >= 0.6 is 0 Å². The Labute approximate surface area is 130 Å². The molecule has 0 aliphatic carbocycles. The maximum atomic E-state index is 12.5. The lowest BCUT2D eigenvalue weighted by molar-refractivity contribution is 0.0896. The molecule has 1 amide bonds. The molecule has 1 aromatic heterocycles. The molecule has 1 N–H and O–H groups in total. The number of methoxy groups -OCH3 is 1. The van der Waals surface area contributed by atoms with E-state index in [-0.39, 0.29) is 18.0 Å². The molecule has 0 unspecified atom stereocenters. The number of likely N-dealkylation sites (tertiary alicyclic amines) is 1. The second-order valence-electron chi connectivity index (χ2n) is 5.84. The van der Waals surface area contributed by atoms with Crippen molar-refractivity contribution in [3.05, 3.63) is 23.9 Å². The fourth-order valence-corrected chi connectivity index (χ4v) is 3.26. The molecule has 2 atom stereocenters. The highest BCUT2D eigenvalue weighted by molar-refractivity contribution is 5.96. The van der Waals surface area contributed by atoms with E-state index in [1.165, 1.54) is 26.4 Å². The molecule has 0 bridgehead atoms. The molecular formula is C16H23N3O3. The summed E-state index contributed by atoms with van der Waals surface area (Å²) in [5, 5.41) is 3.09. The van der Waals surface area contributed by atoms with Crippen molar-refractivity contribution in [2.45, 2.75) is 31.3 Å². The average Bonchev–Trinajstić information content (AvgIpc) is 3.03. The van der Waals surface area contributed by atoms with Gasteiger partial charge in [0.2, 0.25) is 5.88 Å². The highest BCUT2D eigenvalue weighted by Crippen LogP contribution is 2.20. The summed E-state index contributed by atoms with van der Waals surface area (Å²) in [7, 11) is 1.52. The van der Waals surface area contributed by atoms with Gasteiger partial charge in [-0.3, -0.25) is 9.69 Å². The van der Waals surface area contributed by atoms with E-state index in [2.05, 4.69) is 15.2 Å². The normalized spacial score (nSPS) is 25.9. The van der Waals surface area contributed by atoms with Gasteiger partial charge in [-0.15, -0.1) is 0 Å². The Morgan fingerprint density at radius 3 is 2.95 bits per heavy atom. The van der Waals surface area contributed by atoms with Crippen LogP contribution in [0.2, 0.25) is 0 Å². The molecule has 2 saturated heterocycles. The smallest absolute Gasteiger partial charge is 0.257 e. The number of rotatable bonds is 4. The topological polar surface area (TPSA) is 63.7 Å².